The third-order valence-corrected chi connectivity index (χ3v) is 7.07. The van der Waals surface area contributed by atoms with E-state index in [0.29, 0.717) is 23.1 Å². The van der Waals surface area contributed by atoms with Crippen LogP contribution in [0.15, 0.2) is 60.9 Å². The number of carbonyl (C=O) groups is 1. The number of aromatic hydroxyl groups is 1. The van der Waals surface area contributed by atoms with Gasteiger partial charge in [0, 0.05) is 36.6 Å². The number of halogens is 1. The van der Waals surface area contributed by atoms with Crippen LogP contribution in [-0.2, 0) is 6.42 Å². The molecule has 38 heavy (non-hydrogen) atoms. The Morgan fingerprint density at radius 3 is 2.55 bits per heavy atom. The van der Waals surface area contributed by atoms with E-state index in [9.17, 15) is 9.90 Å². The van der Waals surface area contributed by atoms with Gasteiger partial charge in [-0.05, 0) is 62.3 Å². The number of phenolic OH excluding ortho intramolecular Hbond substituents is 1. The van der Waals surface area contributed by atoms with E-state index in [1.54, 1.807) is 44.6 Å². The number of ether oxygens (including phenoxy) is 2. The van der Waals surface area contributed by atoms with Crippen molar-refractivity contribution in [3.63, 3.8) is 0 Å². The fraction of sp³-hybridized carbons (Fsp3) is 0.310. The predicted molar refractivity (Wildman–Crippen MR) is 150 cm³/mol. The van der Waals surface area contributed by atoms with Crippen LogP contribution in [0.5, 0.6) is 17.2 Å². The van der Waals surface area contributed by atoms with Crippen molar-refractivity contribution in [2.45, 2.75) is 19.4 Å². The number of carbonyl (C=O) groups excluding carboxylic acids is 1. The summed E-state index contributed by atoms with van der Waals surface area (Å²) in [5.74, 6) is 1.08. The van der Waals surface area contributed by atoms with Crippen LogP contribution in [0.2, 0.25) is 5.02 Å². The van der Waals surface area contributed by atoms with Gasteiger partial charge in [-0.1, -0.05) is 30.7 Å². The zero-order valence-corrected chi connectivity index (χ0v) is 23.0. The summed E-state index contributed by atoms with van der Waals surface area (Å²) in [6.45, 7) is 2.62. The van der Waals surface area contributed by atoms with E-state index >= 15 is 0 Å². The maximum atomic E-state index is 12.6. The molecule has 0 aliphatic carbocycles. The van der Waals surface area contributed by atoms with Crippen molar-refractivity contribution in [3.05, 3.63) is 77.1 Å². The van der Waals surface area contributed by atoms with Crippen LogP contribution >= 0.6 is 11.6 Å². The molecule has 0 saturated carbocycles. The van der Waals surface area contributed by atoms with Gasteiger partial charge in [-0.15, -0.1) is 0 Å². The summed E-state index contributed by atoms with van der Waals surface area (Å²) in [5, 5.41) is 13.4. The van der Waals surface area contributed by atoms with E-state index in [4.69, 9.17) is 26.1 Å². The van der Waals surface area contributed by atoms with Crippen molar-refractivity contribution in [3.8, 4) is 28.5 Å². The van der Waals surface area contributed by atoms with Crippen LogP contribution in [0.3, 0.4) is 0 Å². The molecule has 0 saturated heterocycles. The number of likely N-dealkylation sites (N-methyl/N-ethyl adjacent to an activating group) is 1. The lowest BCUT2D eigenvalue weighted by Crippen LogP contribution is -2.44. The lowest BCUT2D eigenvalue weighted by Gasteiger charge is -2.30. The van der Waals surface area contributed by atoms with Gasteiger partial charge >= 0.3 is 0 Å². The van der Waals surface area contributed by atoms with Crippen molar-refractivity contribution in [2.75, 3.05) is 34.9 Å². The Bertz CT molecular complexity index is 1440. The van der Waals surface area contributed by atoms with Gasteiger partial charge in [0.05, 0.1) is 30.5 Å². The van der Waals surface area contributed by atoms with E-state index in [2.05, 4.69) is 29.3 Å². The minimum atomic E-state index is -0.289. The van der Waals surface area contributed by atoms with E-state index < -0.39 is 0 Å². The number of methoxy groups -OCH3 is 2. The van der Waals surface area contributed by atoms with Crippen molar-refractivity contribution < 1.29 is 19.4 Å². The number of imidazole rings is 1. The minimum Gasteiger partial charge on any atom is -0.507 e. The number of rotatable bonds is 10. The number of hydrogen-bond acceptors (Lipinski definition) is 6. The lowest BCUT2D eigenvalue weighted by atomic mass is 9.93. The number of nitrogens with zero attached hydrogens (tertiary/aromatic N) is 3. The highest BCUT2D eigenvalue weighted by molar-refractivity contribution is 6.32. The molecule has 1 amide bonds. The molecule has 4 rings (SSSR count). The van der Waals surface area contributed by atoms with Gasteiger partial charge in [-0.2, -0.15) is 0 Å². The van der Waals surface area contributed by atoms with Gasteiger partial charge < -0.3 is 29.2 Å². The molecule has 0 bridgehead atoms. The Labute approximate surface area is 227 Å². The van der Waals surface area contributed by atoms with E-state index in [0.717, 1.165) is 28.9 Å². The SMILES string of the molecule is COc1cc(OC)c(-c2cn3ccc(C[C@H](C)[C@@H](CNC(=O)c4ccccc4O)N(C)C)cc3n2)cc1Cl. The fourth-order valence-corrected chi connectivity index (χ4v) is 4.94. The van der Waals surface area contributed by atoms with Crippen LogP contribution in [0.25, 0.3) is 16.9 Å². The molecule has 0 aliphatic heterocycles. The molecule has 0 unspecified atom stereocenters. The third-order valence-electron chi connectivity index (χ3n) is 6.77. The van der Waals surface area contributed by atoms with E-state index in [1.807, 2.05) is 30.9 Å². The van der Waals surface area contributed by atoms with Crippen LogP contribution < -0.4 is 14.8 Å². The summed E-state index contributed by atoms with van der Waals surface area (Å²) in [6.07, 6.45) is 4.74. The number of para-hydroxylation sites is 1. The standard InChI is InChI=1S/C29H33ClN4O4/c1-18(24(33(2)3)16-31-29(36)20-8-6-7-9-25(20)35)12-19-10-11-34-17-23(32-28(34)13-19)21-14-22(30)27(38-5)15-26(21)37-4/h6-11,13-15,17-18,24,35H,12,16H2,1-5H3,(H,31,36)/t18-,24+/m0/s1. The summed E-state index contributed by atoms with van der Waals surface area (Å²) in [6, 6.07) is 14.4. The normalized spacial score (nSPS) is 12.9. The van der Waals surface area contributed by atoms with E-state index in [1.165, 1.54) is 6.07 Å². The fourth-order valence-electron chi connectivity index (χ4n) is 4.70. The topological polar surface area (TPSA) is 88.3 Å². The molecule has 2 heterocycles. The Kier molecular flexibility index (Phi) is 8.44. The first kappa shape index (κ1) is 27.3. The molecule has 0 fully saturated rings. The zero-order chi connectivity index (χ0) is 27.4. The second-order valence-corrected chi connectivity index (χ2v) is 9.96. The van der Waals surface area contributed by atoms with Gasteiger partial charge in [0.15, 0.2) is 0 Å². The number of amides is 1. The highest BCUT2D eigenvalue weighted by Gasteiger charge is 2.22. The molecule has 2 aromatic carbocycles. The monoisotopic (exact) mass is 536 g/mol. The summed E-state index contributed by atoms with van der Waals surface area (Å²) in [4.78, 5) is 19.6. The Morgan fingerprint density at radius 2 is 1.87 bits per heavy atom. The zero-order valence-electron chi connectivity index (χ0n) is 22.2. The highest BCUT2D eigenvalue weighted by Crippen LogP contribution is 2.38. The highest BCUT2D eigenvalue weighted by atomic mass is 35.5. The first-order chi connectivity index (χ1) is 18.2. The summed E-state index contributed by atoms with van der Waals surface area (Å²) in [5.41, 5.74) is 3.75. The Balaban J connectivity index is 1.50. The van der Waals surface area contributed by atoms with Crippen LogP contribution in [0.1, 0.15) is 22.8 Å². The summed E-state index contributed by atoms with van der Waals surface area (Å²) < 4.78 is 12.8. The first-order valence-corrected chi connectivity index (χ1v) is 12.7. The maximum Gasteiger partial charge on any atom is 0.255 e. The van der Waals surface area contributed by atoms with Crippen LogP contribution in [0, 0.1) is 5.92 Å². The maximum absolute atomic E-state index is 12.6. The average molecular weight is 537 g/mol. The third kappa shape index (κ3) is 5.87. The van der Waals surface area contributed by atoms with Crippen molar-refractivity contribution >= 4 is 23.2 Å². The van der Waals surface area contributed by atoms with Gasteiger partial charge in [0.25, 0.3) is 5.91 Å². The largest absolute Gasteiger partial charge is 0.507 e. The number of phenols is 1. The van der Waals surface area contributed by atoms with Gasteiger partial charge in [0.1, 0.15) is 22.9 Å². The van der Waals surface area contributed by atoms with Crippen molar-refractivity contribution in [1.29, 1.82) is 0 Å². The Hall–Kier alpha value is -3.75. The van der Waals surface area contributed by atoms with Gasteiger partial charge in [-0.3, -0.25) is 4.79 Å². The predicted octanol–water partition coefficient (Wildman–Crippen LogP) is 4.92. The lowest BCUT2D eigenvalue weighted by molar-refractivity contribution is 0.0930. The molecule has 0 spiro atoms. The minimum absolute atomic E-state index is 0.0265. The van der Waals surface area contributed by atoms with Crippen LogP contribution in [0.4, 0.5) is 0 Å². The number of pyridine rings is 1. The average Bonchev–Trinajstić information content (AvgIpc) is 3.32. The smallest absolute Gasteiger partial charge is 0.255 e. The Morgan fingerprint density at radius 1 is 1.13 bits per heavy atom. The van der Waals surface area contributed by atoms with Gasteiger partial charge in [0.2, 0.25) is 0 Å². The summed E-state index contributed by atoms with van der Waals surface area (Å²) in [7, 11) is 7.18. The molecule has 4 aromatic rings. The first-order valence-electron chi connectivity index (χ1n) is 12.3. The second kappa shape index (κ2) is 11.8. The molecule has 2 atom stereocenters. The molecule has 2 N–H and O–H groups in total. The van der Waals surface area contributed by atoms with Crippen LogP contribution in [-0.4, -0.2) is 66.2 Å². The molecule has 9 heteroatoms. The molecule has 8 nitrogen and oxygen atoms in total. The van der Waals surface area contributed by atoms with Crippen molar-refractivity contribution in [1.82, 2.24) is 19.6 Å². The van der Waals surface area contributed by atoms with E-state index in [-0.39, 0.29) is 29.2 Å². The quantitative estimate of drug-likeness (QED) is 0.299. The molecular formula is C29H33ClN4O4. The molecule has 0 aliphatic rings. The molecule has 0 radical (unpaired) electrons. The van der Waals surface area contributed by atoms with Gasteiger partial charge in [-0.25, -0.2) is 4.98 Å². The number of hydrogen-bond donors (Lipinski definition) is 2. The number of fused-ring (bicyclic) bond motifs is 1. The van der Waals surface area contributed by atoms with Crippen molar-refractivity contribution in [2.24, 2.45) is 5.92 Å². The number of nitrogens with one attached hydrogen (secondary N) is 1. The molecule has 200 valence electrons. The second-order valence-electron chi connectivity index (χ2n) is 9.55. The summed E-state index contributed by atoms with van der Waals surface area (Å²) >= 11 is 6.37. The number of aromatic nitrogens is 2. The molecule has 2 aromatic heterocycles. The number of benzene rings is 2. The molecular weight excluding hydrogens is 504 g/mol.